The number of unbranched alkanes of at least 4 members (excludes halogenated alkanes) is 2. The van der Waals surface area contributed by atoms with E-state index in [1.54, 1.807) is 0 Å². The van der Waals surface area contributed by atoms with Gasteiger partial charge in [0.15, 0.2) is 0 Å². The Kier molecular flexibility index (Phi) is 6.07. The molecule has 0 fully saturated rings. The van der Waals surface area contributed by atoms with E-state index < -0.39 is 12.0 Å². The van der Waals surface area contributed by atoms with E-state index in [9.17, 15) is 9.59 Å². The number of ether oxygens (including phenoxy) is 1. The zero-order valence-electron chi connectivity index (χ0n) is 10.4. The first-order valence-corrected chi connectivity index (χ1v) is 5.91. The Hall–Kier alpha value is -1.69. The lowest BCUT2D eigenvalue weighted by Gasteiger charge is -2.08. The molecular weight excluding hydrogens is 236 g/mol. The maximum Gasteiger partial charge on any atom is 0.322 e. The third-order valence-electron chi connectivity index (χ3n) is 2.59. The fourth-order valence-electron chi connectivity index (χ4n) is 1.56. The Labute approximate surface area is 106 Å². The number of carbonyl (C=O) groups is 2. The van der Waals surface area contributed by atoms with Crippen molar-refractivity contribution >= 4 is 11.8 Å². The van der Waals surface area contributed by atoms with Crippen LogP contribution in [-0.2, 0) is 9.53 Å². The molecule has 0 spiro atoms. The molecule has 6 nitrogen and oxygen atoms in total. The first-order valence-electron chi connectivity index (χ1n) is 5.91. The molecule has 0 saturated heterocycles. The van der Waals surface area contributed by atoms with E-state index in [1.165, 1.54) is 19.6 Å². The molecule has 0 bridgehead atoms. The van der Waals surface area contributed by atoms with Gasteiger partial charge in [0.2, 0.25) is 5.78 Å². The van der Waals surface area contributed by atoms with Crippen LogP contribution < -0.4 is 5.73 Å². The minimum absolute atomic E-state index is 0.0998. The van der Waals surface area contributed by atoms with Crippen LogP contribution in [0.4, 0.5) is 0 Å². The van der Waals surface area contributed by atoms with Crippen molar-refractivity contribution in [3.63, 3.8) is 0 Å². The molecule has 1 aromatic heterocycles. The lowest BCUT2D eigenvalue weighted by molar-refractivity contribution is -0.142. The molecule has 0 aliphatic carbocycles. The number of hydrogen-bond acceptors (Lipinski definition) is 6. The van der Waals surface area contributed by atoms with Gasteiger partial charge in [-0.25, -0.2) is 4.98 Å². The van der Waals surface area contributed by atoms with Crippen molar-refractivity contribution in [2.24, 2.45) is 5.73 Å². The van der Waals surface area contributed by atoms with Crippen LogP contribution in [0.15, 0.2) is 16.9 Å². The second kappa shape index (κ2) is 7.60. The monoisotopic (exact) mass is 254 g/mol. The fourth-order valence-corrected chi connectivity index (χ4v) is 1.56. The average Bonchev–Trinajstić information content (AvgIpc) is 2.90. The molecule has 0 aromatic carbocycles. The Balaban J connectivity index is 2.09. The van der Waals surface area contributed by atoms with E-state index >= 15 is 0 Å². The van der Waals surface area contributed by atoms with E-state index in [1.807, 2.05) is 0 Å². The molecule has 18 heavy (non-hydrogen) atoms. The van der Waals surface area contributed by atoms with E-state index in [0.717, 1.165) is 19.3 Å². The molecule has 1 aromatic rings. The number of nitrogens with zero attached hydrogens (tertiary/aromatic N) is 1. The Morgan fingerprint density at radius 1 is 1.44 bits per heavy atom. The van der Waals surface area contributed by atoms with Gasteiger partial charge < -0.3 is 14.9 Å². The molecule has 0 saturated carbocycles. The van der Waals surface area contributed by atoms with Gasteiger partial charge in [-0.05, 0) is 12.8 Å². The van der Waals surface area contributed by atoms with Crippen LogP contribution in [0.2, 0.25) is 0 Å². The van der Waals surface area contributed by atoms with Gasteiger partial charge in [0, 0.05) is 6.42 Å². The molecule has 1 rings (SSSR count). The molecule has 6 heteroatoms. The number of ketones is 1. The maximum absolute atomic E-state index is 11.5. The molecule has 1 heterocycles. The highest BCUT2D eigenvalue weighted by Crippen LogP contribution is 2.09. The quantitative estimate of drug-likeness (QED) is 0.427. The summed E-state index contributed by atoms with van der Waals surface area (Å²) in [4.78, 5) is 26.3. The third kappa shape index (κ3) is 4.67. The minimum atomic E-state index is -0.572. The van der Waals surface area contributed by atoms with Crippen LogP contribution in [-0.4, -0.2) is 29.9 Å². The molecule has 0 aliphatic rings. The summed E-state index contributed by atoms with van der Waals surface area (Å²) in [5.41, 5.74) is 5.58. The summed E-state index contributed by atoms with van der Waals surface area (Å²) in [7, 11) is 1.32. The summed E-state index contributed by atoms with van der Waals surface area (Å²) < 4.78 is 9.41. The number of carbonyl (C=O) groups excluding carboxylic acids is 2. The van der Waals surface area contributed by atoms with Crippen molar-refractivity contribution in [2.45, 2.75) is 38.1 Å². The molecule has 0 radical (unpaired) electrons. The van der Waals surface area contributed by atoms with E-state index in [4.69, 9.17) is 10.2 Å². The van der Waals surface area contributed by atoms with Crippen LogP contribution in [0.1, 0.15) is 42.8 Å². The van der Waals surface area contributed by atoms with E-state index in [-0.39, 0.29) is 11.7 Å². The van der Waals surface area contributed by atoms with Crippen LogP contribution in [0, 0.1) is 0 Å². The van der Waals surface area contributed by atoms with Gasteiger partial charge in [0.05, 0.1) is 13.3 Å². The highest BCUT2D eigenvalue weighted by atomic mass is 16.5. The molecule has 2 N–H and O–H groups in total. The molecule has 100 valence electrons. The Bertz CT molecular complexity index is 375. The van der Waals surface area contributed by atoms with Gasteiger partial charge in [0.25, 0.3) is 5.89 Å². The number of methoxy groups -OCH3 is 1. The van der Waals surface area contributed by atoms with Crippen LogP contribution >= 0.6 is 0 Å². The van der Waals surface area contributed by atoms with Gasteiger partial charge in [-0.1, -0.05) is 12.8 Å². The maximum atomic E-state index is 11.5. The summed E-state index contributed by atoms with van der Waals surface area (Å²) in [6, 6.07) is -0.572. The van der Waals surface area contributed by atoms with Crippen molar-refractivity contribution < 1.29 is 18.7 Å². The standard InChI is InChI=1S/C12H18N2O4/c1-17-12(16)9(13)5-3-2-4-6-10(15)11-14-7-8-18-11/h7-9H,2-6,13H2,1H3. The molecule has 1 atom stereocenters. The number of Topliss-reactive ketones (excluding diaryl/α,β-unsaturated/α-hetero) is 1. The lowest BCUT2D eigenvalue weighted by atomic mass is 10.1. The normalized spacial score (nSPS) is 12.1. The summed E-state index contributed by atoms with van der Waals surface area (Å²) in [6.07, 6.45) is 6.14. The number of esters is 1. The zero-order chi connectivity index (χ0) is 13.4. The SMILES string of the molecule is COC(=O)C(N)CCCCCC(=O)c1ncco1. The van der Waals surface area contributed by atoms with E-state index in [2.05, 4.69) is 9.72 Å². The van der Waals surface area contributed by atoms with Gasteiger partial charge >= 0.3 is 5.97 Å². The average molecular weight is 254 g/mol. The Morgan fingerprint density at radius 3 is 2.83 bits per heavy atom. The highest BCUT2D eigenvalue weighted by molar-refractivity contribution is 5.91. The van der Waals surface area contributed by atoms with Crippen LogP contribution in [0.5, 0.6) is 0 Å². The summed E-state index contributed by atoms with van der Waals surface area (Å²) >= 11 is 0. The minimum Gasteiger partial charge on any atom is -0.468 e. The van der Waals surface area contributed by atoms with Crippen LogP contribution in [0.25, 0.3) is 0 Å². The van der Waals surface area contributed by atoms with Gasteiger partial charge in [-0.15, -0.1) is 0 Å². The first-order chi connectivity index (χ1) is 8.65. The predicted octanol–water partition coefficient (Wildman–Crippen LogP) is 1.31. The number of aromatic nitrogens is 1. The van der Waals surface area contributed by atoms with Crippen LogP contribution in [0.3, 0.4) is 0 Å². The van der Waals surface area contributed by atoms with Gasteiger partial charge in [0.1, 0.15) is 12.3 Å². The highest BCUT2D eigenvalue weighted by Gasteiger charge is 2.13. The van der Waals surface area contributed by atoms with Crippen molar-refractivity contribution in [1.82, 2.24) is 4.98 Å². The second-order valence-electron chi connectivity index (χ2n) is 3.99. The van der Waals surface area contributed by atoms with Crippen molar-refractivity contribution in [2.75, 3.05) is 7.11 Å². The second-order valence-corrected chi connectivity index (χ2v) is 3.99. The molecule has 0 aliphatic heterocycles. The molecule has 0 amide bonds. The molecule has 1 unspecified atom stereocenters. The zero-order valence-corrected chi connectivity index (χ0v) is 10.4. The van der Waals surface area contributed by atoms with Crippen molar-refractivity contribution in [3.05, 3.63) is 18.4 Å². The van der Waals surface area contributed by atoms with E-state index in [0.29, 0.717) is 12.8 Å². The smallest absolute Gasteiger partial charge is 0.322 e. The van der Waals surface area contributed by atoms with Crippen molar-refractivity contribution in [3.8, 4) is 0 Å². The summed E-state index contributed by atoms with van der Waals surface area (Å²) in [6.45, 7) is 0. The van der Waals surface area contributed by atoms with Crippen molar-refractivity contribution in [1.29, 1.82) is 0 Å². The van der Waals surface area contributed by atoms with Gasteiger partial charge in [-0.2, -0.15) is 0 Å². The topological polar surface area (TPSA) is 95.4 Å². The number of oxazole rings is 1. The number of hydrogen-bond donors (Lipinski definition) is 1. The predicted molar refractivity (Wildman–Crippen MR) is 63.9 cm³/mol. The lowest BCUT2D eigenvalue weighted by Crippen LogP contribution is -2.31. The third-order valence-corrected chi connectivity index (χ3v) is 2.59. The number of rotatable bonds is 8. The summed E-state index contributed by atoms with van der Waals surface area (Å²) in [5, 5.41) is 0. The van der Waals surface area contributed by atoms with Gasteiger partial charge in [-0.3, -0.25) is 9.59 Å². The fraction of sp³-hybridized carbons (Fsp3) is 0.583. The Morgan fingerprint density at radius 2 is 2.22 bits per heavy atom. The summed E-state index contributed by atoms with van der Waals surface area (Å²) in [5.74, 6) is -0.343. The largest absolute Gasteiger partial charge is 0.468 e. The number of nitrogens with two attached hydrogens (primary N) is 1. The first kappa shape index (κ1) is 14.4. The molecular formula is C12H18N2O4.